The van der Waals surface area contributed by atoms with Gasteiger partial charge in [-0.25, -0.2) is 14.8 Å². The summed E-state index contributed by atoms with van der Waals surface area (Å²) in [5.41, 5.74) is 6.42. The Morgan fingerprint density at radius 2 is 2.12 bits per heavy atom. The van der Waals surface area contributed by atoms with Crippen molar-refractivity contribution in [1.82, 2.24) is 24.6 Å². The molecule has 3 aromatic heterocycles. The van der Waals surface area contributed by atoms with Gasteiger partial charge in [0.2, 0.25) is 0 Å². The van der Waals surface area contributed by atoms with Crippen molar-refractivity contribution in [2.75, 3.05) is 11.5 Å². The number of imidazole rings is 1. The number of nitrogens with two attached hydrogens (primary N) is 1. The Morgan fingerprint density at radius 3 is 2.82 bits per heavy atom. The van der Waals surface area contributed by atoms with Crippen LogP contribution in [0.3, 0.4) is 0 Å². The van der Waals surface area contributed by atoms with Gasteiger partial charge in [0.1, 0.15) is 34.0 Å². The van der Waals surface area contributed by atoms with Crippen molar-refractivity contribution in [1.29, 1.82) is 0 Å². The van der Waals surface area contributed by atoms with Crippen molar-refractivity contribution in [2.24, 2.45) is 5.16 Å². The molecule has 0 aromatic carbocycles. The highest BCUT2D eigenvalue weighted by Crippen LogP contribution is 2.41. The van der Waals surface area contributed by atoms with E-state index in [1.165, 1.54) is 28.5 Å². The number of nitrogens with zero attached hydrogens (tertiary/aromatic N) is 5. The van der Waals surface area contributed by atoms with Crippen molar-refractivity contribution in [3.05, 3.63) is 52.0 Å². The molecule has 0 unspecified atom stereocenters. The van der Waals surface area contributed by atoms with E-state index < -0.39 is 29.2 Å². The molecule has 1 fully saturated rings. The second-order valence-electron chi connectivity index (χ2n) is 7.16. The number of nitrogens with one attached hydrogen (secondary N) is 1. The number of carboxylic acids is 1. The molecule has 2 aliphatic rings. The number of oxime groups is 1. The summed E-state index contributed by atoms with van der Waals surface area (Å²) in [5.74, 6) is -2.31. The third-order valence-electron chi connectivity index (χ3n) is 5.21. The van der Waals surface area contributed by atoms with Crippen molar-refractivity contribution in [3.63, 3.8) is 0 Å². The summed E-state index contributed by atoms with van der Waals surface area (Å²) in [7, 11) is 0. The van der Waals surface area contributed by atoms with Gasteiger partial charge in [-0.1, -0.05) is 11.2 Å². The van der Waals surface area contributed by atoms with Crippen LogP contribution in [0.2, 0.25) is 0 Å². The maximum Gasteiger partial charge on any atom is 0.352 e. The molecule has 15 heteroatoms. The number of aromatic nitrogens is 3. The summed E-state index contributed by atoms with van der Waals surface area (Å²) in [6, 6.07) is -0.979. The predicted octanol–water partition coefficient (Wildman–Crippen LogP) is 1.06. The SMILES string of the molecule is Nc1nc(/C(=N/O)C(=O)N[C@@H]2C(=O)N3C(C(=O)O)=C(/C=C/c4csc5cncn45)CS[C@H]23)cs1. The van der Waals surface area contributed by atoms with Crippen LogP contribution in [0.1, 0.15) is 11.4 Å². The second kappa shape index (κ2) is 8.58. The van der Waals surface area contributed by atoms with Gasteiger partial charge in [0.25, 0.3) is 11.8 Å². The molecule has 1 saturated heterocycles. The first kappa shape index (κ1) is 22.1. The largest absolute Gasteiger partial charge is 0.477 e. The lowest BCUT2D eigenvalue weighted by Gasteiger charge is -2.49. The van der Waals surface area contributed by atoms with Gasteiger partial charge in [-0.15, -0.1) is 34.4 Å². The maximum absolute atomic E-state index is 12.8. The van der Waals surface area contributed by atoms with Crippen molar-refractivity contribution >= 4 is 74.0 Å². The molecule has 0 spiro atoms. The van der Waals surface area contributed by atoms with E-state index in [1.807, 2.05) is 9.78 Å². The zero-order chi connectivity index (χ0) is 24.0. The van der Waals surface area contributed by atoms with E-state index in [1.54, 1.807) is 24.7 Å². The normalized spacial score (nSPS) is 20.6. The number of aliphatic carboxylic acids is 1. The minimum absolute atomic E-state index is 0.0707. The third-order valence-corrected chi connectivity index (χ3v) is 8.08. The van der Waals surface area contributed by atoms with Gasteiger partial charge >= 0.3 is 5.97 Å². The summed E-state index contributed by atoms with van der Waals surface area (Å²) in [6.45, 7) is 0. The Kier molecular flexibility index (Phi) is 5.59. The Bertz CT molecular complexity index is 1420. The van der Waals surface area contributed by atoms with Gasteiger partial charge in [-0.05, 0) is 11.6 Å². The zero-order valence-corrected chi connectivity index (χ0v) is 19.4. The molecule has 174 valence electrons. The number of amides is 2. The zero-order valence-electron chi connectivity index (χ0n) is 17.0. The van der Waals surface area contributed by atoms with E-state index in [0.29, 0.717) is 11.3 Å². The van der Waals surface area contributed by atoms with Crippen LogP contribution in [-0.4, -0.2) is 70.2 Å². The van der Waals surface area contributed by atoms with Crippen LogP contribution in [0.4, 0.5) is 5.13 Å². The number of hydrogen-bond donors (Lipinski definition) is 4. The van der Waals surface area contributed by atoms with Crippen LogP contribution in [0.15, 0.2) is 45.8 Å². The molecule has 2 atom stereocenters. The molecular weight excluding hydrogens is 502 g/mol. The van der Waals surface area contributed by atoms with Gasteiger partial charge < -0.3 is 21.4 Å². The van der Waals surface area contributed by atoms with Crippen LogP contribution < -0.4 is 11.1 Å². The number of allylic oxidation sites excluding steroid dienone is 1. The summed E-state index contributed by atoms with van der Waals surface area (Å²) in [4.78, 5) is 47.6. The van der Waals surface area contributed by atoms with E-state index in [2.05, 4.69) is 20.4 Å². The van der Waals surface area contributed by atoms with E-state index in [-0.39, 0.29) is 22.2 Å². The molecule has 5 heterocycles. The number of carbonyl (C=O) groups is 3. The van der Waals surface area contributed by atoms with Gasteiger partial charge in [0.05, 0.1) is 11.9 Å². The van der Waals surface area contributed by atoms with Gasteiger partial charge in [0.15, 0.2) is 10.8 Å². The average molecular weight is 518 g/mol. The Morgan fingerprint density at radius 1 is 1.29 bits per heavy atom. The van der Waals surface area contributed by atoms with Crippen molar-refractivity contribution in [2.45, 2.75) is 11.4 Å². The molecule has 34 heavy (non-hydrogen) atoms. The van der Waals surface area contributed by atoms with Crippen molar-refractivity contribution < 1.29 is 24.7 Å². The van der Waals surface area contributed by atoms with Gasteiger partial charge in [-0.2, -0.15) is 0 Å². The quantitative estimate of drug-likeness (QED) is 0.161. The standard InChI is InChI=1S/C19H15N7O5S3/c20-19-22-10(6-34-19)12(24-31)15(27)23-13-16(28)26-14(18(29)30)8(4-33-17(13)26)1-2-9-5-32-11-3-21-7-25(9)11/h1-3,5-7,13,17,31H,4H2,(H2,20,22)(H,23,27)(H,29,30)/b2-1+,24-12-/t13-,17-/m1/s1. The predicted molar refractivity (Wildman–Crippen MR) is 127 cm³/mol. The molecule has 0 radical (unpaired) electrons. The molecule has 5 N–H and O–H groups in total. The average Bonchev–Trinajstić information content (AvgIpc) is 3.54. The Labute approximate surface area is 203 Å². The molecular formula is C19H15N7O5S3. The summed E-state index contributed by atoms with van der Waals surface area (Å²) >= 11 is 3.89. The molecule has 0 aliphatic carbocycles. The lowest BCUT2D eigenvalue weighted by molar-refractivity contribution is -0.150. The monoisotopic (exact) mass is 517 g/mol. The van der Waals surface area contributed by atoms with E-state index in [4.69, 9.17) is 5.73 Å². The number of anilines is 1. The number of carbonyl (C=O) groups excluding carboxylic acids is 2. The molecule has 2 aliphatic heterocycles. The number of fused-ring (bicyclic) bond motifs is 2. The Hall–Kier alpha value is -3.69. The van der Waals surface area contributed by atoms with Crippen LogP contribution >= 0.6 is 34.4 Å². The summed E-state index contributed by atoms with van der Waals surface area (Å²) in [5, 5.41) is 27.5. The van der Waals surface area contributed by atoms with E-state index >= 15 is 0 Å². The molecule has 3 aromatic rings. The number of thiazole rings is 2. The second-order valence-corrected chi connectivity index (χ2v) is 10.0. The first-order valence-corrected chi connectivity index (χ1v) is 12.4. The smallest absolute Gasteiger partial charge is 0.352 e. The summed E-state index contributed by atoms with van der Waals surface area (Å²) in [6.07, 6.45) is 6.85. The third kappa shape index (κ3) is 3.63. The van der Waals surface area contributed by atoms with Gasteiger partial charge in [0, 0.05) is 16.5 Å². The summed E-state index contributed by atoms with van der Waals surface area (Å²) < 4.78 is 1.87. The Balaban J connectivity index is 1.36. The lowest BCUT2D eigenvalue weighted by atomic mass is 10.0. The molecule has 12 nitrogen and oxygen atoms in total. The highest BCUT2D eigenvalue weighted by Gasteiger charge is 2.54. The topological polar surface area (TPSA) is 176 Å². The number of carboxylic acid groups (broad SMARTS) is 1. The minimum atomic E-state index is -1.24. The fourth-order valence-corrected chi connectivity index (χ4v) is 6.32. The lowest BCUT2D eigenvalue weighted by Crippen LogP contribution is -2.71. The minimum Gasteiger partial charge on any atom is -0.477 e. The van der Waals surface area contributed by atoms with E-state index in [9.17, 15) is 24.7 Å². The highest BCUT2D eigenvalue weighted by atomic mass is 32.2. The number of nitrogen functional groups attached to an aromatic ring is 1. The number of thioether (sulfide) groups is 1. The number of rotatable bonds is 6. The van der Waals surface area contributed by atoms with Crippen LogP contribution in [0, 0.1) is 0 Å². The highest BCUT2D eigenvalue weighted by molar-refractivity contribution is 8.00. The first-order valence-electron chi connectivity index (χ1n) is 9.62. The van der Waals surface area contributed by atoms with Crippen LogP contribution in [-0.2, 0) is 14.4 Å². The number of β-lactam (4-membered cyclic amide) rings is 1. The van der Waals surface area contributed by atoms with Crippen LogP contribution in [0.5, 0.6) is 0 Å². The van der Waals surface area contributed by atoms with Gasteiger partial charge in [-0.3, -0.25) is 18.9 Å². The maximum atomic E-state index is 12.8. The first-order chi connectivity index (χ1) is 16.4. The molecule has 0 saturated carbocycles. The number of hydrogen-bond acceptors (Lipinski definition) is 11. The molecule has 5 rings (SSSR count). The fourth-order valence-electron chi connectivity index (χ4n) is 3.64. The van der Waals surface area contributed by atoms with E-state index in [0.717, 1.165) is 26.8 Å². The van der Waals surface area contributed by atoms with Crippen LogP contribution in [0.25, 0.3) is 10.9 Å². The molecule has 2 amide bonds. The van der Waals surface area contributed by atoms with Crippen molar-refractivity contribution in [3.8, 4) is 0 Å². The molecule has 0 bridgehead atoms. The fraction of sp³-hybridized carbons (Fsp3) is 0.158.